The Kier molecular flexibility index (Phi) is 4.02. The van der Waals surface area contributed by atoms with Crippen molar-refractivity contribution in [1.82, 2.24) is 20.2 Å². The lowest BCUT2D eigenvalue weighted by Crippen LogP contribution is -2.53. The molecule has 4 rings (SSSR count). The number of likely N-dealkylation sites (tertiary alicyclic amines) is 1. The van der Waals surface area contributed by atoms with Crippen LogP contribution in [-0.2, 0) is 11.3 Å². The minimum atomic E-state index is -0.102. The maximum Gasteiger partial charge on any atom is 0.221 e. The molecule has 2 saturated heterocycles. The van der Waals surface area contributed by atoms with Gasteiger partial charge in [-0.15, -0.1) is 0 Å². The van der Waals surface area contributed by atoms with Crippen molar-refractivity contribution in [2.45, 2.75) is 37.3 Å². The highest BCUT2D eigenvalue weighted by Gasteiger charge is 2.48. The number of nitrogens with zero attached hydrogens (tertiary/aromatic N) is 3. The molecule has 2 fully saturated rings. The highest BCUT2D eigenvalue weighted by molar-refractivity contribution is 5.81. The van der Waals surface area contributed by atoms with Crippen LogP contribution >= 0.6 is 0 Å². The second kappa shape index (κ2) is 6.32. The van der Waals surface area contributed by atoms with E-state index in [1.54, 1.807) is 6.20 Å². The zero-order chi connectivity index (χ0) is 16.4. The van der Waals surface area contributed by atoms with E-state index in [4.69, 9.17) is 0 Å². The summed E-state index contributed by atoms with van der Waals surface area (Å²) in [6, 6.07) is 8.20. The first-order valence-electron chi connectivity index (χ1n) is 8.57. The zero-order valence-electron chi connectivity index (χ0n) is 13.7. The largest absolute Gasteiger partial charge is 0.350 e. The molecule has 1 N–H and O–H groups in total. The predicted molar refractivity (Wildman–Crippen MR) is 91.2 cm³/mol. The summed E-state index contributed by atoms with van der Waals surface area (Å²) < 4.78 is 0. The summed E-state index contributed by atoms with van der Waals surface area (Å²) in [6.07, 6.45) is 9.95. The van der Waals surface area contributed by atoms with Crippen LogP contribution in [0.2, 0.25) is 0 Å². The van der Waals surface area contributed by atoms with Gasteiger partial charge in [0.05, 0.1) is 0 Å². The molecular weight excluding hydrogens is 300 g/mol. The van der Waals surface area contributed by atoms with E-state index in [0.717, 1.165) is 32.5 Å². The topological polar surface area (TPSA) is 58.1 Å². The summed E-state index contributed by atoms with van der Waals surface area (Å²) in [7, 11) is 0. The van der Waals surface area contributed by atoms with Gasteiger partial charge >= 0.3 is 0 Å². The Balaban J connectivity index is 1.47. The number of hydrogen-bond acceptors (Lipinski definition) is 4. The smallest absolute Gasteiger partial charge is 0.221 e. The molecule has 2 aromatic rings. The molecular formula is C19H22N4O. The summed E-state index contributed by atoms with van der Waals surface area (Å²) in [4.78, 5) is 22.9. The third kappa shape index (κ3) is 2.91. The van der Waals surface area contributed by atoms with Gasteiger partial charge in [0, 0.05) is 62.3 Å². The van der Waals surface area contributed by atoms with E-state index in [9.17, 15) is 4.79 Å². The molecule has 5 heteroatoms. The van der Waals surface area contributed by atoms with Crippen molar-refractivity contribution >= 4 is 5.91 Å². The Labute approximate surface area is 142 Å². The van der Waals surface area contributed by atoms with Crippen molar-refractivity contribution in [3.8, 4) is 0 Å². The summed E-state index contributed by atoms with van der Waals surface area (Å²) in [6.45, 7) is 2.95. The average Bonchev–Trinajstić information content (AvgIpc) is 2.95. The number of pyridine rings is 2. The molecule has 1 atom stereocenters. The number of aromatic nitrogens is 2. The molecule has 1 unspecified atom stereocenters. The molecule has 24 heavy (non-hydrogen) atoms. The Bertz CT molecular complexity index is 696. The molecule has 2 aliphatic heterocycles. The van der Waals surface area contributed by atoms with Gasteiger partial charge in [0.25, 0.3) is 0 Å². The molecule has 1 spiro atoms. The van der Waals surface area contributed by atoms with Gasteiger partial charge in [-0.3, -0.25) is 19.7 Å². The van der Waals surface area contributed by atoms with Gasteiger partial charge in [0.2, 0.25) is 5.91 Å². The molecule has 2 aromatic heterocycles. The van der Waals surface area contributed by atoms with Gasteiger partial charge in [-0.1, -0.05) is 6.07 Å². The first-order chi connectivity index (χ1) is 11.8. The molecule has 0 bridgehead atoms. The summed E-state index contributed by atoms with van der Waals surface area (Å²) in [5.41, 5.74) is 2.37. The van der Waals surface area contributed by atoms with Crippen LogP contribution < -0.4 is 5.32 Å². The molecule has 0 saturated carbocycles. The van der Waals surface area contributed by atoms with Crippen LogP contribution in [0.3, 0.4) is 0 Å². The SMILES string of the molecule is O=C1CC(c2cccnc2)C2(CCN(Cc3ccncc3)CC2)N1. The average molecular weight is 322 g/mol. The Morgan fingerprint density at radius 1 is 1.12 bits per heavy atom. The first kappa shape index (κ1) is 15.3. The Hall–Kier alpha value is -2.27. The van der Waals surface area contributed by atoms with Crippen LogP contribution in [0.4, 0.5) is 0 Å². The van der Waals surface area contributed by atoms with E-state index in [0.29, 0.717) is 6.42 Å². The number of hydrogen-bond donors (Lipinski definition) is 1. The minimum Gasteiger partial charge on any atom is -0.350 e. The summed E-state index contributed by atoms with van der Waals surface area (Å²) in [5.74, 6) is 0.410. The van der Waals surface area contributed by atoms with Gasteiger partial charge < -0.3 is 5.32 Å². The Morgan fingerprint density at radius 3 is 2.62 bits per heavy atom. The molecule has 1 amide bonds. The molecule has 0 aliphatic carbocycles. The fourth-order valence-corrected chi connectivity index (χ4v) is 4.15. The zero-order valence-corrected chi connectivity index (χ0v) is 13.7. The number of nitrogens with one attached hydrogen (secondary N) is 1. The van der Waals surface area contributed by atoms with E-state index in [2.05, 4.69) is 38.4 Å². The lowest BCUT2D eigenvalue weighted by atomic mass is 9.74. The molecule has 4 heterocycles. The second-order valence-corrected chi connectivity index (χ2v) is 6.88. The van der Waals surface area contributed by atoms with E-state index in [-0.39, 0.29) is 17.4 Å². The molecule has 5 nitrogen and oxygen atoms in total. The standard InChI is InChI=1S/C19H22N4O/c24-18-12-17(16-2-1-7-21-13-16)19(22-18)5-10-23(11-6-19)14-15-3-8-20-9-4-15/h1-4,7-9,13,17H,5-6,10-12,14H2,(H,22,24). The van der Waals surface area contributed by atoms with Crippen LogP contribution in [0.15, 0.2) is 49.1 Å². The predicted octanol–water partition coefficient (Wildman–Crippen LogP) is 2.11. The second-order valence-electron chi connectivity index (χ2n) is 6.88. The van der Waals surface area contributed by atoms with Crippen LogP contribution in [0.5, 0.6) is 0 Å². The van der Waals surface area contributed by atoms with E-state index in [1.165, 1.54) is 11.1 Å². The van der Waals surface area contributed by atoms with E-state index in [1.807, 2.05) is 24.7 Å². The van der Waals surface area contributed by atoms with E-state index >= 15 is 0 Å². The third-order valence-electron chi connectivity index (χ3n) is 5.44. The van der Waals surface area contributed by atoms with Crippen molar-refractivity contribution in [3.05, 3.63) is 60.2 Å². The van der Waals surface area contributed by atoms with E-state index < -0.39 is 0 Å². The molecule has 0 aromatic carbocycles. The van der Waals surface area contributed by atoms with Crippen molar-refractivity contribution in [3.63, 3.8) is 0 Å². The van der Waals surface area contributed by atoms with Crippen LogP contribution in [-0.4, -0.2) is 39.4 Å². The van der Waals surface area contributed by atoms with Crippen LogP contribution in [0, 0.1) is 0 Å². The maximum atomic E-state index is 12.1. The van der Waals surface area contributed by atoms with Gasteiger partial charge in [0.15, 0.2) is 0 Å². The highest BCUT2D eigenvalue weighted by atomic mass is 16.2. The van der Waals surface area contributed by atoms with Gasteiger partial charge in [0.1, 0.15) is 0 Å². The monoisotopic (exact) mass is 322 g/mol. The maximum absolute atomic E-state index is 12.1. The molecule has 2 aliphatic rings. The van der Waals surface area contributed by atoms with Gasteiger partial charge in [-0.25, -0.2) is 0 Å². The van der Waals surface area contributed by atoms with Crippen molar-refractivity contribution < 1.29 is 4.79 Å². The first-order valence-corrected chi connectivity index (χ1v) is 8.57. The fourth-order valence-electron chi connectivity index (χ4n) is 4.15. The van der Waals surface area contributed by atoms with Gasteiger partial charge in [-0.2, -0.15) is 0 Å². The number of amides is 1. The molecule has 0 radical (unpaired) electrons. The third-order valence-corrected chi connectivity index (χ3v) is 5.44. The highest BCUT2D eigenvalue weighted by Crippen LogP contribution is 2.43. The number of carbonyl (C=O) groups excluding carboxylic acids is 1. The van der Waals surface area contributed by atoms with Crippen LogP contribution in [0.25, 0.3) is 0 Å². The normalized spacial score (nSPS) is 23.3. The lowest BCUT2D eigenvalue weighted by Gasteiger charge is -2.43. The fraction of sp³-hybridized carbons (Fsp3) is 0.421. The van der Waals surface area contributed by atoms with Crippen molar-refractivity contribution in [2.75, 3.05) is 13.1 Å². The lowest BCUT2D eigenvalue weighted by molar-refractivity contribution is -0.120. The van der Waals surface area contributed by atoms with Crippen LogP contribution in [0.1, 0.15) is 36.3 Å². The summed E-state index contributed by atoms with van der Waals surface area (Å²) in [5, 5.41) is 3.30. The summed E-state index contributed by atoms with van der Waals surface area (Å²) >= 11 is 0. The number of piperidine rings is 1. The van der Waals surface area contributed by atoms with Crippen molar-refractivity contribution in [2.24, 2.45) is 0 Å². The van der Waals surface area contributed by atoms with Gasteiger partial charge in [-0.05, 0) is 42.2 Å². The minimum absolute atomic E-state index is 0.102. The number of carbonyl (C=O) groups is 1. The molecule has 124 valence electrons. The number of rotatable bonds is 3. The van der Waals surface area contributed by atoms with Crippen molar-refractivity contribution in [1.29, 1.82) is 0 Å². The quantitative estimate of drug-likeness (QED) is 0.940. The Morgan fingerprint density at radius 2 is 1.92 bits per heavy atom.